The lowest BCUT2D eigenvalue weighted by Gasteiger charge is -2.03. The van der Waals surface area contributed by atoms with Crippen LogP contribution in [0.2, 0.25) is 0 Å². The van der Waals surface area contributed by atoms with Gasteiger partial charge in [0.15, 0.2) is 11.5 Å². The molecule has 0 aliphatic heterocycles. The maximum atomic E-state index is 6.03. The minimum Gasteiger partial charge on any atom is -0.461 e. The zero-order valence-electron chi connectivity index (χ0n) is 14.1. The summed E-state index contributed by atoms with van der Waals surface area (Å²) in [6, 6.07) is 7.14. The summed E-state index contributed by atoms with van der Waals surface area (Å²) in [5.41, 5.74) is 0. The largest absolute Gasteiger partial charge is 0.461 e. The summed E-state index contributed by atoms with van der Waals surface area (Å²) in [6.07, 6.45) is 4.05. The highest BCUT2D eigenvalue weighted by atomic mass is 32.2. The molecule has 0 atom stereocenters. The van der Waals surface area contributed by atoms with E-state index in [0.29, 0.717) is 33.5 Å². The van der Waals surface area contributed by atoms with Crippen molar-refractivity contribution in [1.29, 1.82) is 0 Å². The lowest BCUT2D eigenvalue weighted by Crippen LogP contribution is -2.12. The molecule has 0 saturated heterocycles. The molecule has 140 valence electrons. The number of furan rings is 2. The average Bonchev–Trinajstić information content (AvgIpc) is 3.44. The summed E-state index contributed by atoms with van der Waals surface area (Å²) in [5.74, 6) is 15.9. The van der Waals surface area contributed by atoms with E-state index in [0.717, 1.165) is 17.9 Å². The van der Waals surface area contributed by atoms with Gasteiger partial charge in [-0.3, -0.25) is 0 Å². The van der Waals surface area contributed by atoms with Gasteiger partial charge in [-0.15, -0.1) is 20.4 Å². The lowest BCUT2D eigenvalue weighted by molar-refractivity contribution is 0.574. The molecule has 0 unspecified atom stereocenters. The van der Waals surface area contributed by atoms with Crippen LogP contribution in [-0.4, -0.2) is 41.3 Å². The molecule has 27 heavy (non-hydrogen) atoms. The van der Waals surface area contributed by atoms with Gasteiger partial charge in [0.1, 0.15) is 0 Å². The van der Waals surface area contributed by atoms with Crippen LogP contribution in [0.4, 0.5) is 0 Å². The smallest absolute Gasteiger partial charge is 0.218 e. The molecule has 12 heteroatoms. The highest BCUT2D eigenvalue weighted by molar-refractivity contribution is 8.00. The van der Waals surface area contributed by atoms with Gasteiger partial charge in [0, 0.05) is 11.5 Å². The van der Waals surface area contributed by atoms with Crippen molar-refractivity contribution in [3.05, 3.63) is 36.8 Å². The van der Waals surface area contributed by atoms with Gasteiger partial charge in [0.05, 0.1) is 12.5 Å². The van der Waals surface area contributed by atoms with E-state index in [1.165, 1.54) is 32.9 Å². The summed E-state index contributed by atoms with van der Waals surface area (Å²) >= 11 is 3.06. The predicted octanol–water partition coefficient (Wildman–Crippen LogP) is 2.09. The van der Waals surface area contributed by atoms with Crippen LogP contribution in [0.1, 0.15) is 6.42 Å². The molecule has 0 aliphatic carbocycles. The first-order valence-electron chi connectivity index (χ1n) is 7.98. The van der Waals surface area contributed by atoms with Crippen molar-refractivity contribution < 1.29 is 8.83 Å². The van der Waals surface area contributed by atoms with Gasteiger partial charge in [-0.1, -0.05) is 23.5 Å². The van der Waals surface area contributed by atoms with Crippen LogP contribution < -0.4 is 11.7 Å². The fourth-order valence-corrected chi connectivity index (χ4v) is 4.06. The molecular formula is C15H16N8O2S2. The number of thioether (sulfide) groups is 2. The van der Waals surface area contributed by atoms with E-state index in [2.05, 4.69) is 20.4 Å². The Hall–Kier alpha value is -2.86. The Bertz CT molecular complexity index is 913. The zero-order chi connectivity index (χ0) is 18.6. The molecule has 0 amide bonds. The number of nitrogens with zero attached hydrogens (tertiary/aromatic N) is 6. The van der Waals surface area contributed by atoms with E-state index in [9.17, 15) is 0 Å². The second kappa shape index (κ2) is 7.80. The quantitative estimate of drug-likeness (QED) is 0.255. The van der Waals surface area contributed by atoms with Crippen LogP contribution in [0.5, 0.6) is 0 Å². The molecule has 0 fully saturated rings. The fourth-order valence-electron chi connectivity index (χ4n) is 2.28. The number of hydrogen-bond donors (Lipinski definition) is 2. The van der Waals surface area contributed by atoms with Crippen LogP contribution in [0.15, 0.2) is 55.9 Å². The van der Waals surface area contributed by atoms with E-state index in [1.54, 1.807) is 36.8 Å². The third kappa shape index (κ3) is 3.66. The van der Waals surface area contributed by atoms with Gasteiger partial charge in [0.25, 0.3) is 0 Å². The Labute approximate surface area is 162 Å². The number of hydrogen-bond acceptors (Lipinski definition) is 10. The molecule has 0 radical (unpaired) electrons. The van der Waals surface area contributed by atoms with Crippen molar-refractivity contribution in [1.82, 2.24) is 29.7 Å². The van der Waals surface area contributed by atoms with E-state index in [4.69, 9.17) is 20.5 Å². The van der Waals surface area contributed by atoms with E-state index >= 15 is 0 Å². The van der Waals surface area contributed by atoms with Crippen LogP contribution in [0.25, 0.3) is 23.2 Å². The van der Waals surface area contributed by atoms with Gasteiger partial charge in [-0.05, 0) is 30.7 Å². The Morgan fingerprint density at radius 2 is 1.26 bits per heavy atom. The minimum atomic E-state index is 0.499. The summed E-state index contributed by atoms with van der Waals surface area (Å²) < 4.78 is 13.5. The highest BCUT2D eigenvalue weighted by Crippen LogP contribution is 2.25. The molecule has 4 aromatic rings. The first-order valence-corrected chi connectivity index (χ1v) is 9.95. The molecule has 0 aliphatic rings. The SMILES string of the molecule is Nn1c(SCCCSc2nnc(-c3ccco3)n2N)nnc1-c1ccco1. The molecule has 10 nitrogen and oxygen atoms in total. The van der Waals surface area contributed by atoms with Gasteiger partial charge in [-0.25, -0.2) is 9.35 Å². The zero-order valence-corrected chi connectivity index (χ0v) is 15.7. The molecule has 4 N–H and O–H groups in total. The maximum absolute atomic E-state index is 6.03. The summed E-state index contributed by atoms with van der Waals surface area (Å²) in [6.45, 7) is 0. The number of aromatic nitrogens is 6. The van der Waals surface area contributed by atoms with Crippen molar-refractivity contribution >= 4 is 23.5 Å². The third-order valence-corrected chi connectivity index (χ3v) is 5.62. The fraction of sp³-hybridized carbons (Fsp3) is 0.200. The average molecular weight is 404 g/mol. The molecular weight excluding hydrogens is 388 g/mol. The van der Waals surface area contributed by atoms with Gasteiger partial charge in [0.2, 0.25) is 22.0 Å². The summed E-state index contributed by atoms with van der Waals surface area (Å²) in [5, 5.41) is 17.6. The van der Waals surface area contributed by atoms with Crippen molar-refractivity contribution in [3.8, 4) is 23.2 Å². The van der Waals surface area contributed by atoms with Gasteiger partial charge >= 0.3 is 0 Å². The van der Waals surface area contributed by atoms with Crippen molar-refractivity contribution in [3.63, 3.8) is 0 Å². The lowest BCUT2D eigenvalue weighted by atomic mass is 10.4. The molecule has 0 aromatic carbocycles. The van der Waals surface area contributed by atoms with Gasteiger partial charge in [-0.2, -0.15) is 0 Å². The predicted molar refractivity (Wildman–Crippen MR) is 102 cm³/mol. The summed E-state index contributed by atoms with van der Waals surface area (Å²) in [4.78, 5) is 0. The second-order valence-electron chi connectivity index (χ2n) is 5.36. The van der Waals surface area contributed by atoms with Crippen LogP contribution >= 0.6 is 23.5 Å². The first kappa shape index (κ1) is 17.5. The molecule has 4 heterocycles. The normalized spacial score (nSPS) is 11.3. The second-order valence-corrected chi connectivity index (χ2v) is 7.48. The minimum absolute atomic E-state index is 0.499. The van der Waals surface area contributed by atoms with Crippen LogP contribution in [0.3, 0.4) is 0 Å². The maximum Gasteiger partial charge on any atom is 0.218 e. The highest BCUT2D eigenvalue weighted by Gasteiger charge is 2.15. The topological polar surface area (TPSA) is 140 Å². The standard InChI is InChI=1S/C15H16N8O2S2/c16-22-12(10-4-1-6-24-10)18-20-14(22)26-8-3-9-27-15-21-19-13(23(15)17)11-5-2-7-25-11/h1-2,4-7H,3,8-9,16-17H2. The van der Waals surface area contributed by atoms with E-state index < -0.39 is 0 Å². The molecule has 4 aromatic heterocycles. The Morgan fingerprint density at radius 1 is 0.778 bits per heavy atom. The monoisotopic (exact) mass is 404 g/mol. The third-order valence-electron chi connectivity index (χ3n) is 3.56. The van der Waals surface area contributed by atoms with Gasteiger partial charge < -0.3 is 20.5 Å². The Kier molecular flexibility index (Phi) is 5.07. The Morgan fingerprint density at radius 3 is 1.67 bits per heavy atom. The number of nitrogen functional groups attached to an aromatic ring is 2. The van der Waals surface area contributed by atoms with Crippen molar-refractivity contribution in [2.24, 2.45) is 0 Å². The molecule has 0 bridgehead atoms. The Balaban J connectivity index is 1.27. The van der Waals surface area contributed by atoms with Crippen molar-refractivity contribution in [2.75, 3.05) is 23.2 Å². The molecule has 4 rings (SSSR count). The first-order chi connectivity index (χ1) is 13.2. The summed E-state index contributed by atoms with van der Waals surface area (Å²) in [7, 11) is 0. The number of nitrogens with two attached hydrogens (primary N) is 2. The molecule has 0 saturated carbocycles. The molecule has 0 spiro atoms. The van der Waals surface area contributed by atoms with E-state index in [-0.39, 0.29) is 0 Å². The number of rotatable bonds is 8. The van der Waals surface area contributed by atoms with Crippen molar-refractivity contribution in [2.45, 2.75) is 16.7 Å². The van der Waals surface area contributed by atoms with Crippen LogP contribution in [-0.2, 0) is 0 Å². The van der Waals surface area contributed by atoms with E-state index in [1.807, 2.05) is 0 Å². The van der Waals surface area contributed by atoms with Crippen LogP contribution in [0, 0.1) is 0 Å².